The van der Waals surface area contributed by atoms with Crippen LogP contribution in [-0.4, -0.2) is 29.6 Å². The number of rotatable bonds is 8. The summed E-state index contributed by atoms with van der Waals surface area (Å²) in [7, 11) is 0. The highest BCUT2D eigenvalue weighted by atomic mass is 16.4. The molecule has 0 aliphatic carbocycles. The van der Waals surface area contributed by atoms with Gasteiger partial charge in [-0.2, -0.15) is 0 Å². The first kappa shape index (κ1) is 16.2. The molecule has 1 unspecified atom stereocenters. The van der Waals surface area contributed by atoms with E-state index in [0.29, 0.717) is 12.8 Å². The first-order chi connectivity index (χ1) is 9.51. The number of carboxylic acid groups (broad SMARTS) is 1. The van der Waals surface area contributed by atoms with Gasteiger partial charge in [0.2, 0.25) is 5.91 Å². The predicted molar refractivity (Wildman–Crippen MR) is 78.8 cm³/mol. The standard InChI is InChI=1S/C15H22N2O3/c1-3-16-11(2)10-14(18)17-13-7-4-12(5-8-13)6-9-15(19)20/h4-5,7-8,11,16H,3,6,9-10H2,1-2H3,(H,17,18)(H,19,20). The summed E-state index contributed by atoms with van der Waals surface area (Å²) in [5, 5.41) is 14.6. The number of carbonyl (C=O) groups is 2. The number of carbonyl (C=O) groups excluding carboxylic acids is 1. The number of carboxylic acids is 1. The molecular weight excluding hydrogens is 256 g/mol. The van der Waals surface area contributed by atoms with Crippen LogP contribution in [0.25, 0.3) is 0 Å². The topological polar surface area (TPSA) is 78.4 Å². The van der Waals surface area contributed by atoms with Gasteiger partial charge in [-0.05, 0) is 37.6 Å². The molecule has 0 aliphatic heterocycles. The van der Waals surface area contributed by atoms with Gasteiger partial charge >= 0.3 is 5.97 Å². The van der Waals surface area contributed by atoms with Crippen molar-refractivity contribution in [3.8, 4) is 0 Å². The zero-order valence-electron chi connectivity index (χ0n) is 12.0. The minimum absolute atomic E-state index is 0.0308. The van der Waals surface area contributed by atoms with Gasteiger partial charge in [0.15, 0.2) is 0 Å². The van der Waals surface area contributed by atoms with E-state index in [2.05, 4.69) is 10.6 Å². The molecule has 1 amide bonds. The summed E-state index contributed by atoms with van der Waals surface area (Å²) in [6.07, 6.45) is 1.04. The third kappa shape index (κ3) is 6.33. The lowest BCUT2D eigenvalue weighted by molar-refractivity contribution is -0.137. The molecule has 0 bridgehead atoms. The van der Waals surface area contributed by atoms with Crippen molar-refractivity contribution in [2.45, 2.75) is 39.2 Å². The summed E-state index contributed by atoms with van der Waals surface area (Å²) < 4.78 is 0. The van der Waals surface area contributed by atoms with E-state index in [1.807, 2.05) is 26.0 Å². The van der Waals surface area contributed by atoms with Gasteiger partial charge in [-0.3, -0.25) is 9.59 Å². The number of nitrogens with one attached hydrogen (secondary N) is 2. The second kappa shape index (κ2) is 8.32. The monoisotopic (exact) mass is 278 g/mol. The molecule has 1 aromatic carbocycles. The van der Waals surface area contributed by atoms with E-state index >= 15 is 0 Å². The van der Waals surface area contributed by atoms with E-state index < -0.39 is 5.97 Å². The van der Waals surface area contributed by atoms with Crippen molar-refractivity contribution in [1.29, 1.82) is 0 Å². The molecule has 0 radical (unpaired) electrons. The zero-order chi connectivity index (χ0) is 15.0. The Balaban J connectivity index is 2.44. The lowest BCUT2D eigenvalue weighted by Gasteiger charge is -2.12. The third-order valence-electron chi connectivity index (χ3n) is 2.91. The van der Waals surface area contributed by atoms with E-state index in [9.17, 15) is 9.59 Å². The molecule has 1 aromatic rings. The highest BCUT2D eigenvalue weighted by Gasteiger charge is 2.08. The van der Waals surface area contributed by atoms with Crippen LogP contribution in [0.15, 0.2) is 24.3 Å². The highest BCUT2D eigenvalue weighted by Crippen LogP contribution is 2.11. The van der Waals surface area contributed by atoms with Gasteiger partial charge in [-0.1, -0.05) is 19.1 Å². The summed E-state index contributed by atoms with van der Waals surface area (Å²) in [5.74, 6) is -0.837. The molecule has 5 nitrogen and oxygen atoms in total. The van der Waals surface area contributed by atoms with Gasteiger partial charge in [-0.15, -0.1) is 0 Å². The Hall–Kier alpha value is -1.88. The van der Waals surface area contributed by atoms with Gasteiger partial charge in [-0.25, -0.2) is 0 Å². The minimum Gasteiger partial charge on any atom is -0.481 e. The fourth-order valence-electron chi connectivity index (χ4n) is 1.92. The summed E-state index contributed by atoms with van der Waals surface area (Å²) in [5.41, 5.74) is 1.68. The van der Waals surface area contributed by atoms with Crippen LogP contribution in [0.3, 0.4) is 0 Å². The van der Waals surface area contributed by atoms with E-state index in [-0.39, 0.29) is 18.4 Å². The van der Waals surface area contributed by atoms with Crippen LogP contribution in [0.5, 0.6) is 0 Å². The molecule has 1 rings (SSSR count). The lowest BCUT2D eigenvalue weighted by atomic mass is 10.1. The molecule has 0 heterocycles. The SMILES string of the molecule is CCNC(C)CC(=O)Nc1ccc(CCC(=O)O)cc1. The van der Waals surface area contributed by atoms with E-state index in [4.69, 9.17) is 5.11 Å². The Morgan fingerprint density at radius 3 is 2.45 bits per heavy atom. The van der Waals surface area contributed by atoms with Crippen LogP contribution >= 0.6 is 0 Å². The highest BCUT2D eigenvalue weighted by molar-refractivity contribution is 5.91. The number of benzene rings is 1. The number of hydrogen-bond acceptors (Lipinski definition) is 3. The van der Waals surface area contributed by atoms with Gasteiger partial charge < -0.3 is 15.7 Å². The Labute approximate surface area is 119 Å². The lowest BCUT2D eigenvalue weighted by Crippen LogP contribution is -2.30. The maximum Gasteiger partial charge on any atom is 0.303 e. The summed E-state index contributed by atoms with van der Waals surface area (Å²) in [6, 6.07) is 7.42. The third-order valence-corrected chi connectivity index (χ3v) is 2.91. The van der Waals surface area contributed by atoms with Gasteiger partial charge in [0.1, 0.15) is 0 Å². The molecule has 0 aromatic heterocycles. The largest absolute Gasteiger partial charge is 0.481 e. The summed E-state index contributed by atoms with van der Waals surface area (Å²) in [6.45, 7) is 4.81. The van der Waals surface area contributed by atoms with Crippen molar-refractivity contribution in [2.75, 3.05) is 11.9 Å². The molecule has 3 N–H and O–H groups in total. The predicted octanol–water partition coefficient (Wildman–Crippen LogP) is 2.03. The van der Waals surface area contributed by atoms with Gasteiger partial charge in [0, 0.05) is 24.6 Å². The van der Waals surface area contributed by atoms with Crippen molar-refractivity contribution >= 4 is 17.6 Å². The fraction of sp³-hybridized carbons (Fsp3) is 0.467. The normalized spacial score (nSPS) is 11.9. The average molecular weight is 278 g/mol. The Morgan fingerprint density at radius 2 is 1.90 bits per heavy atom. The molecule has 0 spiro atoms. The van der Waals surface area contributed by atoms with Crippen LogP contribution in [0, 0.1) is 0 Å². The smallest absolute Gasteiger partial charge is 0.303 e. The van der Waals surface area contributed by atoms with Crippen LogP contribution in [-0.2, 0) is 16.0 Å². The molecule has 0 saturated carbocycles. The Morgan fingerprint density at radius 1 is 1.25 bits per heavy atom. The van der Waals surface area contributed by atoms with E-state index in [1.165, 1.54) is 0 Å². The average Bonchev–Trinajstić information content (AvgIpc) is 2.37. The number of aryl methyl sites for hydroxylation is 1. The van der Waals surface area contributed by atoms with E-state index in [1.54, 1.807) is 12.1 Å². The first-order valence-electron chi connectivity index (χ1n) is 6.85. The fourth-order valence-corrected chi connectivity index (χ4v) is 1.92. The number of amides is 1. The maximum atomic E-state index is 11.8. The van der Waals surface area contributed by atoms with Crippen molar-refractivity contribution in [3.63, 3.8) is 0 Å². The number of hydrogen-bond donors (Lipinski definition) is 3. The maximum absolute atomic E-state index is 11.8. The molecule has 5 heteroatoms. The van der Waals surface area contributed by atoms with Crippen molar-refractivity contribution in [1.82, 2.24) is 5.32 Å². The van der Waals surface area contributed by atoms with Crippen molar-refractivity contribution in [3.05, 3.63) is 29.8 Å². The van der Waals surface area contributed by atoms with Crippen LogP contribution in [0.1, 0.15) is 32.3 Å². The van der Waals surface area contributed by atoms with Crippen molar-refractivity contribution < 1.29 is 14.7 Å². The molecule has 1 atom stereocenters. The second-order valence-electron chi connectivity index (χ2n) is 4.80. The van der Waals surface area contributed by atoms with Crippen LogP contribution in [0.4, 0.5) is 5.69 Å². The molecule has 0 aliphatic rings. The number of aliphatic carboxylic acids is 1. The zero-order valence-corrected chi connectivity index (χ0v) is 12.0. The molecule has 110 valence electrons. The summed E-state index contributed by atoms with van der Waals surface area (Å²) >= 11 is 0. The van der Waals surface area contributed by atoms with Crippen LogP contribution in [0.2, 0.25) is 0 Å². The van der Waals surface area contributed by atoms with Gasteiger partial charge in [0.05, 0.1) is 0 Å². The number of anilines is 1. The summed E-state index contributed by atoms with van der Waals surface area (Å²) in [4.78, 5) is 22.2. The quantitative estimate of drug-likeness (QED) is 0.680. The molecule has 0 fully saturated rings. The minimum atomic E-state index is -0.806. The molecule has 0 saturated heterocycles. The van der Waals surface area contributed by atoms with Gasteiger partial charge in [0.25, 0.3) is 0 Å². The van der Waals surface area contributed by atoms with E-state index in [0.717, 1.165) is 17.8 Å². The van der Waals surface area contributed by atoms with Crippen LogP contribution < -0.4 is 10.6 Å². The Kier molecular flexibility index (Phi) is 6.73. The first-order valence-corrected chi connectivity index (χ1v) is 6.85. The molecule has 20 heavy (non-hydrogen) atoms. The Bertz CT molecular complexity index is 443. The van der Waals surface area contributed by atoms with Crippen molar-refractivity contribution in [2.24, 2.45) is 0 Å². The second-order valence-corrected chi connectivity index (χ2v) is 4.80. The molecular formula is C15H22N2O3.